The highest BCUT2D eigenvalue weighted by molar-refractivity contribution is 6.46. The Morgan fingerprint density at radius 2 is 1.85 bits per heavy atom. The van der Waals surface area contributed by atoms with Gasteiger partial charge >= 0.3 is 0 Å². The van der Waals surface area contributed by atoms with Gasteiger partial charge in [0.05, 0.1) is 11.6 Å². The highest BCUT2D eigenvalue weighted by Crippen LogP contribution is 2.40. The van der Waals surface area contributed by atoms with Crippen molar-refractivity contribution in [1.29, 1.82) is 0 Å². The number of likely N-dealkylation sites (tertiary alicyclic amines) is 1. The van der Waals surface area contributed by atoms with Gasteiger partial charge in [0.1, 0.15) is 11.6 Å². The molecular weight excluding hydrogens is 369 g/mol. The van der Waals surface area contributed by atoms with Gasteiger partial charge in [-0.15, -0.1) is 0 Å². The van der Waals surface area contributed by atoms with Gasteiger partial charge in [-0.1, -0.05) is 37.6 Å². The van der Waals surface area contributed by atoms with Crippen molar-refractivity contribution in [2.75, 3.05) is 6.54 Å². The quantitative estimate of drug-likeness (QED) is 0.475. The lowest BCUT2D eigenvalue weighted by atomic mass is 9.95. The molecule has 4 nitrogen and oxygen atoms in total. The van der Waals surface area contributed by atoms with Crippen LogP contribution in [0.3, 0.4) is 0 Å². The van der Waals surface area contributed by atoms with Gasteiger partial charge in [-0.3, -0.25) is 9.59 Å². The molecule has 3 rings (SSSR count). The molecular formula is C21H19ClFNO3. The summed E-state index contributed by atoms with van der Waals surface area (Å²) in [7, 11) is 0. The molecule has 27 heavy (non-hydrogen) atoms. The molecule has 0 bridgehead atoms. The van der Waals surface area contributed by atoms with Crippen LogP contribution in [0.2, 0.25) is 5.02 Å². The molecule has 6 heteroatoms. The van der Waals surface area contributed by atoms with E-state index in [-0.39, 0.29) is 17.3 Å². The van der Waals surface area contributed by atoms with E-state index in [0.29, 0.717) is 22.7 Å². The van der Waals surface area contributed by atoms with Crippen LogP contribution in [-0.2, 0) is 9.59 Å². The van der Waals surface area contributed by atoms with Crippen LogP contribution < -0.4 is 0 Å². The number of amides is 1. The SMILES string of the molecule is CC(C)CN1C(=O)C(=O)C(=C(O)c2ccc(Cl)cc2)[C@H]1c1cccc(F)c1. The average molecular weight is 388 g/mol. The number of benzene rings is 2. The maximum Gasteiger partial charge on any atom is 0.295 e. The summed E-state index contributed by atoms with van der Waals surface area (Å²) in [6, 6.07) is 11.2. The molecule has 1 fully saturated rings. The molecule has 1 aliphatic heterocycles. The van der Waals surface area contributed by atoms with E-state index in [1.165, 1.54) is 23.1 Å². The minimum Gasteiger partial charge on any atom is -0.507 e. The molecule has 1 aliphatic rings. The Morgan fingerprint density at radius 1 is 1.19 bits per heavy atom. The second kappa shape index (κ2) is 7.53. The van der Waals surface area contributed by atoms with E-state index in [4.69, 9.17) is 11.6 Å². The van der Waals surface area contributed by atoms with E-state index in [9.17, 15) is 19.1 Å². The number of hydrogen-bond donors (Lipinski definition) is 1. The Hall–Kier alpha value is -2.66. The summed E-state index contributed by atoms with van der Waals surface area (Å²) in [5, 5.41) is 11.3. The lowest BCUT2D eigenvalue weighted by Gasteiger charge is -2.26. The number of aliphatic hydroxyl groups excluding tert-OH is 1. The Morgan fingerprint density at radius 3 is 2.44 bits per heavy atom. The average Bonchev–Trinajstić information content (AvgIpc) is 2.86. The minimum absolute atomic E-state index is 0.0476. The summed E-state index contributed by atoms with van der Waals surface area (Å²) >= 11 is 5.88. The van der Waals surface area contributed by atoms with Gasteiger partial charge in [0.15, 0.2) is 0 Å². The van der Waals surface area contributed by atoms with E-state index >= 15 is 0 Å². The van der Waals surface area contributed by atoms with Crippen LogP contribution >= 0.6 is 11.6 Å². The van der Waals surface area contributed by atoms with E-state index in [1.54, 1.807) is 30.3 Å². The predicted molar refractivity (Wildman–Crippen MR) is 102 cm³/mol. The zero-order chi connectivity index (χ0) is 19.7. The molecule has 0 aromatic heterocycles. The largest absolute Gasteiger partial charge is 0.507 e. The summed E-state index contributed by atoms with van der Waals surface area (Å²) in [6.07, 6.45) is 0. The fourth-order valence-electron chi connectivity index (χ4n) is 3.25. The Balaban J connectivity index is 2.19. The summed E-state index contributed by atoms with van der Waals surface area (Å²) in [6.45, 7) is 4.14. The third-order valence-electron chi connectivity index (χ3n) is 4.38. The zero-order valence-corrected chi connectivity index (χ0v) is 15.7. The standard InChI is InChI=1S/C21H19ClFNO3/c1-12(2)11-24-18(14-4-3-5-16(23)10-14)17(20(26)21(24)27)19(25)13-6-8-15(22)9-7-13/h3-10,12,18,25H,11H2,1-2H3/t18-/m1/s1. The lowest BCUT2D eigenvalue weighted by Crippen LogP contribution is -2.33. The summed E-state index contributed by atoms with van der Waals surface area (Å²) in [5.74, 6) is -2.17. The smallest absolute Gasteiger partial charge is 0.295 e. The normalized spacial score (nSPS) is 19.1. The van der Waals surface area contributed by atoms with Crippen LogP contribution in [0.5, 0.6) is 0 Å². The molecule has 2 aromatic carbocycles. The molecule has 0 radical (unpaired) electrons. The first-order valence-electron chi connectivity index (χ1n) is 8.59. The van der Waals surface area contributed by atoms with E-state index in [1.807, 2.05) is 13.8 Å². The van der Waals surface area contributed by atoms with E-state index < -0.39 is 23.5 Å². The Bertz CT molecular complexity index is 921. The summed E-state index contributed by atoms with van der Waals surface area (Å²) in [5.41, 5.74) is 0.752. The second-order valence-corrected chi connectivity index (χ2v) is 7.34. The second-order valence-electron chi connectivity index (χ2n) is 6.91. The maximum atomic E-state index is 13.8. The molecule has 1 amide bonds. The fourth-order valence-corrected chi connectivity index (χ4v) is 3.37. The molecule has 0 saturated carbocycles. The van der Waals surface area contributed by atoms with Crippen molar-refractivity contribution in [2.45, 2.75) is 19.9 Å². The lowest BCUT2D eigenvalue weighted by molar-refractivity contribution is -0.140. The number of Topliss-reactive ketones (excluding diaryl/α,β-unsaturated/α-hetero) is 1. The van der Waals surface area contributed by atoms with Gasteiger partial charge < -0.3 is 10.0 Å². The highest BCUT2D eigenvalue weighted by atomic mass is 35.5. The van der Waals surface area contributed by atoms with Crippen LogP contribution in [0.4, 0.5) is 4.39 Å². The molecule has 140 valence electrons. The molecule has 1 N–H and O–H groups in total. The highest BCUT2D eigenvalue weighted by Gasteiger charge is 2.46. The number of hydrogen-bond acceptors (Lipinski definition) is 3. The van der Waals surface area contributed by atoms with Crippen LogP contribution in [0.15, 0.2) is 54.1 Å². The topological polar surface area (TPSA) is 57.6 Å². The Labute approximate surface area is 161 Å². The molecule has 0 unspecified atom stereocenters. The number of carbonyl (C=O) groups is 2. The molecule has 1 atom stereocenters. The van der Waals surface area contributed by atoms with Crippen LogP contribution in [0.1, 0.15) is 31.0 Å². The van der Waals surface area contributed by atoms with Crippen molar-refractivity contribution in [3.8, 4) is 0 Å². The van der Waals surface area contributed by atoms with Crippen LogP contribution in [0, 0.1) is 11.7 Å². The van der Waals surface area contributed by atoms with Gasteiger partial charge in [-0.2, -0.15) is 0 Å². The monoisotopic (exact) mass is 387 g/mol. The third-order valence-corrected chi connectivity index (χ3v) is 4.64. The number of rotatable bonds is 4. The molecule has 1 heterocycles. The first-order chi connectivity index (χ1) is 12.8. The molecule has 0 aliphatic carbocycles. The third kappa shape index (κ3) is 3.74. The van der Waals surface area contributed by atoms with Gasteiger partial charge in [0.2, 0.25) is 0 Å². The van der Waals surface area contributed by atoms with E-state index in [2.05, 4.69) is 0 Å². The van der Waals surface area contributed by atoms with Crippen molar-refractivity contribution in [3.05, 3.63) is 76.1 Å². The fraction of sp³-hybridized carbons (Fsp3) is 0.238. The molecule has 1 saturated heterocycles. The predicted octanol–water partition coefficient (Wildman–Crippen LogP) is 4.56. The zero-order valence-electron chi connectivity index (χ0n) is 14.9. The molecule has 2 aromatic rings. The number of carbonyl (C=O) groups excluding carboxylic acids is 2. The maximum absolute atomic E-state index is 13.8. The van der Waals surface area contributed by atoms with Crippen molar-refractivity contribution in [2.24, 2.45) is 5.92 Å². The van der Waals surface area contributed by atoms with Crippen molar-refractivity contribution >= 4 is 29.1 Å². The number of aliphatic hydroxyl groups is 1. The first-order valence-corrected chi connectivity index (χ1v) is 8.97. The van der Waals surface area contributed by atoms with E-state index in [0.717, 1.165) is 0 Å². The number of nitrogens with zero attached hydrogens (tertiary/aromatic N) is 1. The Kier molecular flexibility index (Phi) is 5.33. The van der Waals surface area contributed by atoms with Gasteiger partial charge in [0.25, 0.3) is 11.7 Å². The minimum atomic E-state index is -0.848. The van der Waals surface area contributed by atoms with Crippen molar-refractivity contribution in [1.82, 2.24) is 4.90 Å². The van der Waals surface area contributed by atoms with Gasteiger partial charge in [0, 0.05) is 17.1 Å². The van der Waals surface area contributed by atoms with Crippen LogP contribution in [0.25, 0.3) is 5.76 Å². The van der Waals surface area contributed by atoms with Crippen molar-refractivity contribution < 1.29 is 19.1 Å². The molecule has 0 spiro atoms. The number of halogens is 2. The van der Waals surface area contributed by atoms with Gasteiger partial charge in [-0.05, 0) is 47.9 Å². The number of ketones is 1. The summed E-state index contributed by atoms with van der Waals surface area (Å²) < 4.78 is 13.8. The first kappa shape index (κ1) is 19.1. The van der Waals surface area contributed by atoms with Crippen LogP contribution in [-0.4, -0.2) is 28.2 Å². The summed E-state index contributed by atoms with van der Waals surface area (Å²) in [4.78, 5) is 26.7. The van der Waals surface area contributed by atoms with Crippen molar-refractivity contribution in [3.63, 3.8) is 0 Å². The van der Waals surface area contributed by atoms with Gasteiger partial charge in [-0.25, -0.2) is 4.39 Å².